The molecule has 6 rings (SSSR count). The summed E-state index contributed by atoms with van der Waals surface area (Å²) in [5, 5.41) is 15.4. The molecule has 3 heterocycles. The standard InChI is InChI=1S/C34H41N7O2.C5H9NO2.C2H7N/c1-23-8-7-19-41(23)22-31-38-27-16-15-26(20-30(27)39-31)37-21-24-11-13-25(14-12-24)33(42)36-18-5-3-2-4-17-35-28-9-6-10-29-32(28)34(43)40-29;6-5(4-8)2-1-3-7;1-3-2/h6,9-16,20,23,35,37H,2-5,7-8,17-19,21-22H2,1H3,(H,36,42)(H,38,39)(H,40,43);3-5H,1-2,6H2;3H,1-2H3. The molecule has 13 nitrogen and oxygen atoms in total. The Hall–Kier alpha value is -5.11. The van der Waals surface area contributed by atoms with Crippen LogP contribution in [0.2, 0.25) is 0 Å². The number of hydrogen-bond donors (Lipinski definition) is 7. The number of H-pyrrole nitrogens is 1. The van der Waals surface area contributed by atoms with Crippen LogP contribution in [0, 0.1) is 0 Å². The van der Waals surface area contributed by atoms with Crippen molar-refractivity contribution in [3.8, 4) is 0 Å². The molecule has 54 heavy (non-hydrogen) atoms. The highest BCUT2D eigenvalue weighted by atomic mass is 16.2. The number of unbranched alkanes of at least 4 members (excludes halogenated alkanes) is 3. The van der Waals surface area contributed by atoms with Crippen molar-refractivity contribution in [3.05, 3.63) is 83.2 Å². The van der Waals surface area contributed by atoms with Gasteiger partial charge in [-0.2, -0.15) is 0 Å². The largest absolute Gasteiger partial charge is 0.384 e. The van der Waals surface area contributed by atoms with Crippen LogP contribution in [-0.4, -0.2) is 85.1 Å². The lowest BCUT2D eigenvalue weighted by Gasteiger charge is -2.22. The first-order chi connectivity index (χ1) is 26.3. The van der Waals surface area contributed by atoms with Gasteiger partial charge in [-0.25, -0.2) is 4.98 Å². The van der Waals surface area contributed by atoms with Crippen LogP contribution in [0.5, 0.6) is 0 Å². The van der Waals surface area contributed by atoms with Gasteiger partial charge in [0.2, 0.25) is 0 Å². The van der Waals surface area contributed by atoms with E-state index < -0.39 is 6.04 Å². The van der Waals surface area contributed by atoms with E-state index in [0.29, 0.717) is 43.8 Å². The first-order valence-corrected chi connectivity index (χ1v) is 19.0. The Kier molecular flexibility index (Phi) is 17.1. The summed E-state index contributed by atoms with van der Waals surface area (Å²) >= 11 is 0. The molecule has 0 bridgehead atoms. The molecule has 2 unspecified atom stereocenters. The number of benzene rings is 3. The Bertz CT molecular complexity index is 1790. The topological polar surface area (TPSA) is 186 Å². The Morgan fingerprint density at radius 2 is 1.78 bits per heavy atom. The van der Waals surface area contributed by atoms with Gasteiger partial charge in [0.25, 0.3) is 11.8 Å². The molecule has 2 amide bonds. The summed E-state index contributed by atoms with van der Waals surface area (Å²) in [5.74, 6) is 0.973. The maximum atomic E-state index is 12.6. The summed E-state index contributed by atoms with van der Waals surface area (Å²) in [6.07, 6.45) is 8.84. The lowest BCUT2D eigenvalue weighted by molar-refractivity contribution is -0.109. The molecular weight excluding hydrogens is 683 g/mol. The van der Waals surface area contributed by atoms with E-state index in [-0.39, 0.29) is 11.8 Å². The number of nitrogens with one attached hydrogen (secondary N) is 6. The molecule has 0 aliphatic carbocycles. The monoisotopic (exact) mass is 739 g/mol. The smallest absolute Gasteiger partial charge is 0.259 e. The van der Waals surface area contributed by atoms with Crippen LogP contribution in [0.25, 0.3) is 11.0 Å². The second-order valence-electron chi connectivity index (χ2n) is 13.8. The highest BCUT2D eigenvalue weighted by Crippen LogP contribution is 2.32. The SMILES string of the molecule is CC1CCCN1Cc1nc2ccc(NCc3ccc(C(=O)NCCCCCCNc4cccc5c4C(=O)N5)cc3)cc2[nH]1.CNC.NC(C=O)CCC=O. The van der Waals surface area contributed by atoms with Crippen molar-refractivity contribution in [2.75, 3.05) is 49.7 Å². The Morgan fingerprint density at radius 1 is 1.02 bits per heavy atom. The molecule has 0 saturated carbocycles. The number of carbonyl (C=O) groups is 4. The zero-order valence-corrected chi connectivity index (χ0v) is 31.9. The number of likely N-dealkylation sites (tertiary alicyclic amines) is 1. The molecule has 8 N–H and O–H groups in total. The Balaban J connectivity index is 0.000000519. The number of hydrogen-bond acceptors (Lipinski definition) is 10. The molecule has 1 aromatic heterocycles. The summed E-state index contributed by atoms with van der Waals surface area (Å²) in [7, 11) is 3.75. The van der Waals surface area contributed by atoms with Gasteiger partial charge in [-0.1, -0.05) is 31.0 Å². The van der Waals surface area contributed by atoms with Crippen LogP contribution in [0.3, 0.4) is 0 Å². The van der Waals surface area contributed by atoms with E-state index in [1.54, 1.807) is 0 Å². The van der Waals surface area contributed by atoms with Crippen molar-refractivity contribution in [3.63, 3.8) is 0 Å². The second-order valence-corrected chi connectivity index (χ2v) is 13.8. The molecule has 2 atom stereocenters. The van der Waals surface area contributed by atoms with Crippen LogP contribution in [0.4, 0.5) is 17.1 Å². The molecule has 0 radical (unpaired) electrons. The van der Waals surface area contributed by atoms with E-state index in [4.69, 9.17) is 10.7 Å². The summed E-state index contributed by atoms with van der Waals surface area (Å²) in [6.45, 7) is 6.47. The Morgan fingerprint density at radius 3 is 2.46 bits per heavy atom. The van der Waals surface area contributed by atoms with Gasteiger partial charge in [0.1, 0.15) is 18.4 Å². The average molecular weight is 740 g/mol. The summed E-state index contributed by atoms with van der Waals surface area (Å²) < 4.78 is 0. The number of amides is 2. The third-order valence-corrected chi connectivity index (χ3v) is 9.32. The molecule has 290 valence electrons. The van der Waals surface area contributed by atoms with Crippen molar-refractivity contribution in [2.45, 2.75) is 83.5 Å². The number of imidazole rings is 1. The van der Waals surface area contributed by atoms with Crippen molar-refractivity contribution in [1.29, 1.82) is 0 Å². The lowest BCUT2D eigenvalue weighted by atomic mass is 10.0. The molecule has 4 aromatic rings. The maximum absolute atomic E-state index is 12.6. The molecule has 2 aliphatic rings. The predicted molar refractivity (Wildman–Crippen MR) is 217 cm³/mol. The molecule has 2 aliphatic heterocycles. The molecule has 1 saturated heterocycles. The van der Waals surface area contributed by atoms with Gasteiger partial charge in [0.15, 0.2) is 0 Å². The fourth-order valence-corrected chi connectivity index (χ4v) is 6.28. The van der Waals surface area contributed by atoms with Gasteiger partial charge >= 0.3 is 0 Å². The number of carbonyl (C=O) groups excluding carboxylic acids is 4. The minimum atomic E-state index is -0.458. The first kappa shape index (κ1) is 41.6. The molecular formula is C41H57N9O4. The fourth-order valence-electron chi connectivity index (χ4n) is 6.28. The number of aromatic nitrogens is 2. The molecule has 13 heteroatoms. The normalized spacial score (nSPS) is 15.0. The summed E-state index contributed by atoms with van der Waals surface area (Å²) in [5.41, 5.74) is 12.6. The highest BCUT2D eigenvalue weighted by molar-refractivity contribution is 6.21. The number of nitrogens with zero attached hydrogens (tertiary/aromatic N) is 2. The third kappa shape index (κ3) is 12.8. The minimum Gasteiger partial charge on any atom is -0.384 e. The average Bonchev–Trinajstić information content (AvgIpc) is 3.78. The zero-order chi connectivity index (χ0) is 38.7. The number of aromatic amines is 1. The summed E-state index contributed by atoms with van der Waals surface area (Å²) in [4.78, 5) is 54.5. The van der Waals surface area contributed by atoms with E-state index in [1.165, 1.54) is 12.8 Å². The van der Waals surface area contributed by atoms with Gasteiger partial charge in [-0.05, 0) is 108 Å². The number of aldehydes is 2. The fraction of sp³-hybridized carbons (Fsp3) is 0.439. The van der Waals surface area contributed by atoms with E-state index in [9.17, 15) is 19.2 Å². The van der Waals surface area contributed by atoms with E-state index in [0.717, 1.165) is 96.7 Å². The van der Waals surface area contributed by atoms with Gasteiger partial charge in [-0.15, -0.1) is 0 Å². The van der Waals surface area contributed by atoms with E-state index >= 15 is 0 Å². The van der Waals surface area contributed by atoms with Crippen LogP contribution in [0.15, 0.2) is 60.7 Å². The second kappa shape index (κ2) is 22.2. The van der Waals surface area contributed by atoms with Gasteiger partial charge in [0.05, 0.1) is 34.9 Å². The molecule has 1 fully saturated rings. The quantitative estimate of drug-likeness (QED) is 0.0511. The van der Waals surface area contributed by atoms with Crippen molar-refractivity contribution >= 4 is 52.5 Å². The molecule has 3 aromatic carbocycles. The van der Waals surface area contributed by atoms with Crippen LogP contribution < -0.4 is 32.3 Å². The van der Waals surface area contributed by atoms with E-state index in [1.807, 2.05) is 56.6 Å². The van der Waals surface area contributed by atoms with Crippen LogP contribution in [-0.2, 0) is 22.7 Å². The Labute approximate surface area is 318 Å². The van der Waals surface area contributed by atoms with Crippen LogP contribution in [0.1, 0.15) is 90.4 Å². The highest BCUT2D eigenvalue weighted by Gasteiger charge is 2.25. The number of rotatable bonds is 18. The number of fused-ring (bicyclic) bond motifs is 2. The predicted octanol–water partition coefficient (Wildman–Crippen LogP) is 5.45. The van der Waals surface area contributed by atoms with Gasteiger partial charge < -0.3 is 46.9 Å². The van der Waals surface area contributed by atoms with Crippen molar-refractivity contribution in [2.24, 2.45) is 5.73 Å². The zero-order valence-electron chi connectivity index (χ0n) is 31.9. The van der Waals surface area contributed by atoms with Crippen molar-refractivity contribution < 1.29 is 19.2 Å². The number of anilines is 3. The molecule has 0 spiro atoms. The van der Waals surface area contributed by atoms with Gasteiger partial charge in [0, 0.05) is 49.0 Å². The third-order valence-electron chi connectivity index (χ3n) is 9.32. The van der Waals surface area contributed by atoms with E-state index in [2.05, 4.69) is 61.6 Å². The summed E-state index contributed by atoms with van der Waals surface area (Å²) in [6, 6.07) is 20.0. The van der Waals surface area contributed by atoms with Gasteiger partial charge in [-0.3, -0.25) is 14.5 Å². The van der Waals surface area contributed by atoms with Crippen LogP contribution >= 0.6 is 0 Å². The minimum absolute atomic E-state index is 0.0140. The number of nitrogens with two attached hydrogens (primary N) is 1. The lowest BCUT2D eigenvalue weighted by Crippen LogP contribution is -2.26. The van der Waals surface area contributed by atoms with Crippen molar-refractivity contribution in [1.82, 2.24) is 25.5 Å². The maximum Gasteiger partial charge on any atom is 0.259 e. The first-order valence-electron chi connectivity index (χ1n) is 19.0.